The second-order valence-corrected chi connectivity index (χ2v) is 5.58. The van der Waals surface area contributed by atoms with Gasteiger partial charge in [0.1, 0.15) is 0 Å². The molecule has 0 N–H and O–H groups in total. The second-order valence-electron chi connectivity index (χ2n) is 5.58. The van der Waals surface area contributed by atoms with Gasteiger partial charge in [0.15, 0.2) is 0 Å². The molecule has 0 amide bonds. The van der Waals surface area contributed by atoms with Gasteiger partial charge in [0.05, 0.1) is 13.1 Å². The summed E-state index contributed by atoms with van der Waals surface area (Å²) in [7, 11) is 0. The Labute approximate surface area is 143 Å². The number of nitrogens with zero attached hydrogens (tertiary/aromatic N) is 2. The molecule has 2 heteroatoms. The first kappa shape index (κ1) is 15.9. The summed E-state index contributed by atoms with van der Waals surface area (Å²) in [6.45, 7) is 1.42. The van der Waals surface area contributed by atoms with Crippen molar-refractivity contribution in [3.05, 3.63) is 107 Å². The standard InChI is InChI=1S/C22H20N2/c1-3-7-19(8-4-1)15-23-17-21-11-13-22(14-12-21)18-24-16-20-9-5-2-6-10-20/h1-14,17-18H,15-16H2. The first-order valence-electron chi connectivity index (χ1n) is 8.08. The van der Waals surface area contributed by atoms with Gasteiger partial charge in [-0.05, 0) is 22.3 Å². The molecule has 0 saturated carbocycles. The SMILES string of the molecule is C(=NCc1ccccc1)c1ccc(C=NCc2ccccc2)cc1. The van der Waals surface area contributed by atoms with E-state index in [1.54, 1.807) is 0 Å². The molecule has 118 valence electrons. The summed E-state index contributed by atoms with van der Waals surface area (Å²) in [6, 6.07) is 28.8. The maximum atomic E-state index is 4.48. The van der Waals surface area contributed by atoms with Crippen molar-refractivity contribution in [3.8, 4) is 0 Å². The Morgan fingerprint density at radius 1 is 0.500 bits per heavy atom. The zero-order valence-electron chi connectivity index (χ0n) is 13.5. The largest absolute Gasteiger partial charge is 0.288 e. The van der Waals surface area contributed by atoms with Crippen LogP contribution in [-0.2, 0) is 13.1 Å². The topological polar surface area (TPSA) is 24.7 Å². The minimum Gasteiger partial charge on any atom is -0.288 e. The van der Waals surface area contributed by atoms with E-state index in [-0.39, 0.29) is 0 Å². The number of benzene rings is 3. The lowest BCUT2D eigenvalue weighted by atomic mass is 10.1. The summed E-state index contributed by atoms with van der Waals surface area (Å²) >= 11 is 0. The molecule has 3 rings (SSSR count). The van der Waals surface area contributed by atoms with Crippen LogP contribution < -0.4 is 0 Å². The summed E-state index contributed by atoms with van der Waals surface area (Å²) in [5.74, 6) is 0. The first-order valence-corrected chi connectivity index (χ1v) is 8.08. The van der Waals surface area contributed by atoms with Crippen LogP contribution in [0.15, 0.2) is 94.9 Å². The van der Waals surface area contributed by atoms with E-state index in [1.807, 2.05) is 48.8 Å². The van der Waals surface area contributed by atoms with Crippen LogP contribution in [0.4, 0.5) is 0 Å². The third-order valence-electron chi connectivity index (χ3n) is 3.65. The number of hydrogen-bond acceptors (Lipinski definition) is 2. The van der Waals surface area contributed by atoms with Crippen LogP contribution in [0, 0.1) is 0 Å². The fourth-order valence-corrected chi connectivity index (χ4v) is 2.35. The van der Waals surface area contributed by atoms with Crippen molar-refractivity contribution in [2.45, 2.75) is 13.1 Å². The third kappa shape index (κ3) is 5.03. The Balaban J connectivity index is 1.53. The van der Waals surface area contributed by atoms with Crippen LogP contribution in [0.3, 0.4) is 0 Å². The highest BCUT2D eigenvalue weighted by molar-refractivity contribution is 5.84. The summed E-state index contributed by atoms with van der Waals surface area (Å²) < 4.78 is 0. The van der Waals surface area contributed by atoms with E-state index in [2.05, 4.69) is 58.5 Å². The van der Waals surface area contributed by atoms with Gasteiger partial charge in [-0.2, -0.15) is 0 Å². The predicted molar refractivity (Wildman–Crippen MR) is 102 cm³/mol. The Hall–Kier alpha value is -3.00. The molecule has 0 aromatic heterocycles. The van der Waals surface area contributed by atoms with E-state index in [4.69, 9.17) is 0 Å². The normalized spacial score (nSPS) is 11.3. The maximum absolute atomic E-state index is 4.48. The van der Waals surface area contributed by atoms with Gasteiger partial charge in [-0.15, -0.1) is 0 Å². The summed E-state index contributed by atoms with van der Waals surface area (Å²) in [5, 5.41) is 0. The highest BCUT2D eigenvalue weighted by atomic mass is 14.7. The van der Waals surface area contributed by atoms with Crippen LogP contribution in [0.1, 0.15) is 22.3 Å². The molecule has 0 atom stereocenters. The zero-order valence-corrected chi connectivity index (χ0v) is 13.5. The quantitative estimate of drug-likeness (QED) is 0.577. The highest BCUT2D eigenvalue weighted by Gasteiger charge is 1.92. The minimum atomic E-state index is 0.709. The van der Waals surface area contributed by atoms with Crippen LogP contribution in [0.5, 0.6) is 0 Å². The smallest absolute Gasteiger partial charge is 0.0639 e. The fourth-order valence-electron chi connectivity index (χ4n) is 2.35. The Kier molecular flexibility index (Phi) is 5.68. The molecule has 0 unspecified atom stereocenters. The molecule has 0 heterocycles. The van der Waals surface area contributed by atoms with E-state index >= 15 is 0 Å². The monoisotopic (exact) mass is 312 g/mol. The predicted octanol–water partition coefficient (Wildman–Crippen LogP) is 4.92. The van der Waals surface area contributed by atoms with Gasteiger partial charge >= 0.3 is 0 Å². The van der Waals surface area contributed by atoms with E-state index in [1.165, 1.54) is 11.1 Å². The molecule has 0 spiro atoms. The number of rotatable bonds is 6. The molecule has 0 aliphatic carbocycles. The lowest BCUT2D eigenvalue weighted by Crippen LogP contribution is -1.87. The van der Waals surface area contributed by atoms with E-state index in [0.29, 0.717) is 13.1 Å². The van der Waals surface area contributed by atoms with Crippen molar-refractivity contribution < 1.29 is 0 Å². The van der Waals surface area contributed by atoms with Crippen LogP contribution in [0.2, 0.25) is 0 Å². The number of aliphatic imine (C=N–C) groups is 2. The molecule has 3 aromatic carbocycles. The first-order chi connectivity index (χ1) is 11.9. The van der Waals surface area contributed by atoms with E-state index < -0.39 is 0 Å². The van der Waals surface area contributed by atoms with E-state index in [9.17, 15) is 0 Å². The second kappa shape index (κ2) is 8.59. The Bertz CT molecular complexity index is 718. The van der Waals surface area contributed by atoms with Gasteiger partial charge in [0.2, 0.25) is 0 Å². The highest BCUT2D eigenvalue weighted by Crippen LogP contribution is 2.04. The molecule has 0 saturated heterocycles. The Morgan fingerprint density at radius 2 is 0.875 bits per heavy atom. The van der Waals surface area contributed by atoms with E-state index in [0.717, 1.165) is 11.1 Å². The lowest BCUT2D eigenvalue weighted by molar-refractivity contribution is 1.08. The summed E-state index contributed by atoms with van der Waals surface area (Å²) in [6.07, 6.45) is 3.83. The van der Waals surface area contributed by atoms with Gasteiger partial charge < -0.3 is 0 Å². The molecule has 0 aliphatic heterocycles. The molecule has 24 heavy (non-hydrogen) atoms. The minimum absolute atomic E-state index is 0.709. The summed E-state index contributed by atoms with van der Waals surface area (Å²) in [4.78, 5) is 8.97. The van der Waals surface area contributed by atoms with Gasteiger partial charge in [-0.25, -0.2) is 0 Å². The van der Waals surface area contributed by atoms with Gasteiger partial charge in [0.25, 0.3) is 0 Å². The zero-order chi connectivity index (χ0) is 16.5. The van der Waals surface area contributed by atoms with Gasteiger partial charge in [-0.1, -0.05) is 84.9 Å². The van der Waals surface area contributed by atoms with Crippen molar-refractivity contribution in [1.29, 1.82) is 0 Å². The lowest BCUT2D eigenvalue weighted by Gasteiger charge is -1.98. The number of hydrogen-bond donors (Lipinski definition) is 0. The molecular formula is C22H20N2. The molecule has 0 bridgehead atoms. The molecule has 0 fully saturated rings. The molecule has 0 radical (unpaired) electrons. The van der Waals surface area contributed by atoms with Crippen molar-refractivity contribution in [2.75, 3.05) is 0 Å². The van der Waals surface area contributed by atoms with Crippen LogP contribution in [-0.4, -0.2) is 12.4 Å². The van der Waals surface area contributed by atoms with Crippen molar-refractivity contribution in [2.24, 2.45) is 9.98 Å². The van der Waals surface area contributed by atoms with Crippen molar-refractivity contribution in [1.82, 2.24) is 0 Å². The molecule has 2 nitrogen and oxygen atoms in total. The average Bonchev–Trinajstić information content (AvgIpc) is 2.65. The van der Waals surface area contributed by atoms with Gasteiger partial charge in [0, 0.05) is 12.4 Å². The average molecular weight is 312 g/mol. The Morgan fingerprint density at radius 3 is 1.25 bits per heavy atom. The summed E-state index contributed by atoms with van der Waals surface area (Å²) in [5.41, 5.74) is 4.65. The van der Waals surface area contributed by atoms with Gasteiger partial charge in [-0.3, -0.25) is 9.98 Å². The molecule has 3 aromatic rings. The van der Waals surface area contributed by atoms with Crippen molar-refractivity contribution in [3.63, 3.8) is 0 Å². The third-order valence-corrected chi connectivity index (χ3v) is 3.65. The van der Waals surface area contributed by atoms with Crippen LogP contribution >= 0.6 is 0 Å². The van der Waals surface area contributed by atoms with Crippen molar-refractivity contribution >= 4 is 12.4 Å². The van der Waals surface area contributed by atoms with Crippen LogP contribution in [0.25, 0.3) is 0 Å². The molecule has 0 aliphatic rings. The molecular weight excluding hydrogens is 292 g/mol. The maximum Gasteiger partial charge on any atom is 0.0639 e. The fraction of sp³-hybridized carbons (Fsp3) is 0.0909.